The predicted molar refractivity (Wildman–Crippen MR) is 124 cm³/mol. The van der Waals surface area contributed by atoms with E-state index >= 15 is 0 Å². The highest BCUT2D eigenvalue weighted by Crippen LogP contribution is 2.21. The molecule has 0 heterocycles. The second kappa shape index (κ2) is 11.6. The maximum atomic E-state index is 4.94. The van der Waals surface area contributed by atoms with Crippen LogP contribution in [0.3, 0.4) is 0 Å². The Labute approximate surface area is 168 Å². The first kappa shape index (κ1) is 22.0. The number of thiocarbonyl (C=S) groups is 1. The van der Waals surface area contributed by atoms with Gasteiger partial charge < -0.3 is 10.2 Å². The van der Waals surface area contributed by atoms with Crippen LogP contribution in [-0.4, -0.2) is 23.7 Å². The zero-order valence-corrected chi connectivity index (χ0v) is 17.9. The van der Waals surface area contributed by atoms with Gasteiger partial charge in [-0.05, 0) is 56.4 Å². The average Bonchev–Trinajstić information content (AvgIpc) is 2.63. The van der Waals surface area contributed by atoms with E-state index in [1.807, 2.05) is 48.6 Å². The summed E-state index contributed by atoms with van der Waals surface area (Å²) in [6.07, 6.45) is 14.2. The highest BCUT2D eigenvalue weighted by Gasteiger charge is 2.03. The van der Waals surface area contributed by atoms with Gasteiger partial charge in [0.05, 0.1) is 5.49 Å². The number of hydrogen-bond donors (Lipinski definition) is 1. The molecule has 1 aromatic rings. The maximum Gasteiger partial charge on any atom is 0.0682 e. The van der Waals surface area contributed by atoms with Crippen molar-refractivity contribution in [3.8, 4) is 0 Å². The Hall–Kier alpha value is -2.04. The Morgan fingerprint density at radius 3 is 2.42 bits per heavy atom. The molecule has 0 bridgehead atoms. The predicted octanol–water partition coefficient (Wildman–Crippen LogP) is 6.38. The van der Waals surface area contributed by atoms with Crippen molar-refractivity contribution in [3.63, 3.8) is 0 Å². The number of likely N-dealkylation sites (N-methyl/N-ethyl adjacent to an activating group) is 1. The van der Waals surface area contributed by atoms with Gasteiger partial charge in [0.15, 0.2) is 0 Å². The van der Waals surface area contributed by atoms with Gasteiger partial charge in [-0.25, -0.2) is 0 Å². The first-order valence-electron chi connectivity index (χ1n) is 8.36. The van der Waals surface area contributed by atoms with E-state index in [-0.39, 0.29) is 0 Å². The Morgan fingerprint density at radius 1 is 1.15 bits per heavy atom. The van der Waals surface area contributed by atoms with Gasteiger partial charge in [-0.2, -0.15) is 0 Å². The van der Waals surface area contributed by atoms with Gasteiger partial charge in [0, 0.05) is 29.0 Å². The van der Waals surface area contributed by atoms with Gasteiger partial charge in [-0.15, -0.1) is 11.8 Å². The Bertz CT molecular complexity index is 755. The average molecular weight is 385 g/mol. The number of hydrogen-bond acceptors (Lipinski definition) is 3. The highest BCUT2D eigenvalue weighted by molar-refractivity contribution is 8.02. The van der Waals surface area contributed by atoms with Crippen LogP contribution in [0.4, 0.5) is 5.69 Å². The van der Waals surface area contributed by atoms with Crippen LogP contribution < -0.4 is 5.32 Å². The van der Waals surface area contributed by atoms with E-state index in [2.05, 4.69) is 56.9 Å². The molecule has 1 aromatic carbocycles. The van der Waals surface area contributed by atoms with E-state index in [9.17, 15) is 0 Å². The minimum Gasteiger partial charge on any atom is -0.359 e. The Balaban J connectivity index is 2.66. The molecule has 0 aliphatic heterocycles. The number of rotatable bonds is 9. The third-order valence-electron chi connectivity index (χ3n) is 3.74. The van der Waals surface area contributed by atoms with Crippen molar-refractivity contribution in [1.29, 1.82) is 0 Å². The molecular weight excluding hydrogens is 356 g/mol. The maximum absolute atomic E-state index is 4.94. The lowest BCUT2D eigenvalue weighted by Crippen LogP contribution is -2.13. The third-order valence-corrected chi connectivity index (χ3v) is 4.87. The summed E-state index contributed by atoms with van der Waals surface area (Å²) in [7, 11) is 1.90. The lowest BCUT2D eigenvalue weighted by molar-refractivity contribution is 0.679. The standard InChI is InChI=1S/C22H28N2S2/c1-17-13-14-18(2)21(15-17)23-19(3)11-9-7-8-10-12-22(26-6)20(4)24(5)16-25/h7-16,23H,4H2,1-3,5-6H3/b9-7+,10-8+,19-11+,22-12+. The van der Waals surface area contributed by atoms with Crippen molar-refractivity contribution >= 4 is 35.2 Å². The molecule has 0 fully saturated rings. The van der Waals surface area contributed by atoms with Gasteiger partial charge in [-0.1, -0.05) is 55.2 Å². The summed E-state index contributed by atoms with van der Waals surface area (Å²) in [5.41, 5.74) is 7.22. The summed E-state index contributed by atoms with van der Waals surface area (Å²) in [5.74, 6) is 0. The number of nitrogens with zero attached hydrogens (tertiary/aromatic N) is 1. The molecule has 2 nitrogen and oxygen atoms in total. The number of anilines is 1. The van der Waals surface area contributed by atoms with Crippen molar-refractivity contribution < 1.29 is 0 Å². The molecule has 0 saturated heterocycles. The van der Waals surface area contributed by atoms with Gasteiger partial charge in [0.2, 0.25) is 0 Å². The van der Waals surface area contributed by atoms with Gasteiger partial charge in [0.1, 0.15) is 0 Å². The smallest absolute Gasteiger partial charge is 0.0682 e. The molecule has 0 spiro atoms. The summed E-state index contributed by atoms with van der Waals surface area (Å²) < 4.78 is 0. The molecule has 0 atom stereocenters. The van der Waals surface area contributed by atoms with Gasteiger partial charge in [-0.3, -0.25) is 0 Å². The second-order valence-corrected chi connectivity index (χ2v) is 7.02. The fraction of sp³-hybridized carbons (Fsp3) is 0.227. The zero-order chi connectivity index (χ0) is 19.5. The SMILES string of the molecule is C=C(\C(=C/C=C/C=C/C=C(\C)Nc1cc(C)ccc1C)SC)N(C)C=S. The van der Waals surface area contributed by atoms with E-state index < -0.39 is 0 Å². The fourth-order valence-electron chi connectivity index (χ4n) is 2.12. The van der Waals surface area contributed by atoms with E-state index in [0.29, 0.717) is 0 Å². The molecular formula is C22H28N2S2. The molecule has 0 radical (unpaired) electrons. The molecule has 0 aromatic heterocycles. The van der Waals surface area contributed by atoms with Crippen LogP contribution in [0.1, 0.15) is 18.1 Å². The minimum absolute atomic E-state index is 0.898. The molecule has 0 amide bonds. The zero-order valence-electron chi connectivity index (χ0n) is 16.2. The molecule has 138 valence electrons. The van der Waals surface area contributed by atoms with E-state index in [1.54, 1.807) is 17.3 Å². The lowest BCUT2D eigenvalue weighted by atomic mass is 10.1. The Kier molecular flexibility index (Phi) is 9.78. The first-order valence-corrected chi connectivity index (χ1v) is 10.1. The van der Waals surface area contributed by atoms with Crippen molar-refractivity contribution in [2.45, 2.75) is 20.8 Å². The van der Waals surface area contributed by atoms with Crippen molar-refractivity contribution in [3.05, 3.63) is 88.7 Å². The third kappa shape index (κ3) is 7.46. The normalized spacial score (nSPS) is 12.7. The molecule has 1 rings (SSSR count). The van der Waals surface area contributed by atoms with Crippen LogP contribution in [0.2, 0.25) is 0 Å². The summed E-state index contributed by atoms with van der Waals surface area (Å²) in [6, 6.07) is 6.42. The van der Waals surface area contributed by atoms with Crippen LogP contribution >= 0.6 is 24.0 Å². The number of aryl methyl sites for hydroxylation is 2. The number of benzene rings is 1. The molecule has 0 unspecified atom stereocenters. The lowest BCUT2D eigenvalue weighted by Gasteiger charge is -2.16. The van der Waals surface area contributed by atoms with E-state index in [4.69, 9.17) is 12.2 Å². The van der Waals surface area contributed by atoms with Gasteiger partial charge in [0.25, 0.3) is 0 Å². The van der Waals surface area contributed by atoms with Crippen molar-refractivity contribution in [2.75, 3.05) is 18.6 Å². The van der Waals surface area contributed by atoms with Gasteiger partial charge >= 0.3 is 0 Å². The second-order valence-electron chi connectivity index (χ2n) is 5.96. The monoisotopic (exact) mass is 384 g/mol. The molecule has 0 aliphatic rings. The number of allylic oxidation sites excluding steroid dienone is 7. The van der Waals surface area contributed by atoms with Crippen LogP contribution in [0.15, 0.2) is 77.5 Å². The quantitative estimate of drug-likeness (QED) is 0.392. The molecule has 4 heteroatoms. The highest BCUT2D eigenvalue weighted by atomic mass is 32.2. The van der Waals surface area contributed by atoms with Crippen molar-refractivity contribution in [2.24, 2.45) is 0 Å². The molecule has 0 aliphatic carbocycles. The molecule has 1 N–H and O–H groups in total. The topological polar surface area (TPSA) is 15.3 Å². The molecule has 26 heavy (non-hydrogen) atoms. The van der Waals surface area contributed by atoms with E-state index in [1.165, 1.54) is 11.1 Å². The summed E-state index contributed by atoms with van der Waals surface area (Å²) >= 11 is 6.59. The van der Waals surface area contributed by atoms with Crippen LogP contribution in [-0.2, 0) is 0 Å². The largest absolute Gasteiger partial charge is 0.359 e. The van der Waals surface area contributed by atoms with Crippen molar-refractivity contribution in [1.82, 2.24) is 4.90 Å². The van der Waals surface area contributed by atoms with Crippen LogP contribution in [0, 0.1) is 13.8 Å². The van der Waals surface area contributed by atoms with E-state index in [0.717, 1.165) is 22.0 Å². The number of nitrogens with one attached hydrogen (secondary N) is 1. The first-order chi connectivity index (χ1) is 12.4. The fourth-order valence-corrected chi connectivity index (χ4v) is 2.84. The summed E-state index contributed by atoms with van der Waals surface area (Å²) in [5, 5.41) is 3.44. The number of thioether (sulfide) groups is 1. The van der Waals surface area contributed by atoms with Crippen LogP contribution in [0.25, 0.3) is 0 Å². The van der Waals surface area contributed by atoms with Crippen LogP contribution in [0.5, 0.6) is 0 Å². The summed E-state index contributed by atoms with van der Waals surface area (Å²) in [6.45, 7) is 10.3. The Morgan fingerprint density at radius 2 is 1.81 bits per heavy atom. The minimum atomic E-state index is 0.898. The summed E-state index contributed by atoms with van der Waals surface area (Å²) in [4.78, 5) is 2.92. The molecule has 0 saturated carbocycles.